The molecule has 0 radical (unpaired) electrons. The lowest BCUT2D eigenvalue weighted by molar-refractivity contribution is 0.535. The van der Waals surface area contributed by atoms with Crippen LogP contribution in [0.15, 0.2) is 33.1 Å². The Labute approximate surface area is 207 Å². The molecule has 0 saturated heterocycles. The number of sulfonamides is 1. The minimum absolute atomic E-state index is 0.0792. The van der Waals surface area contributed by atoms with Crippen molar-refractivity contribution < 1.29 is 17.9 Å². The highest BCUT2D eigenvalue weighted by Crippen LogP contribution is 2.25. The summed E-state index contributed by atoms with van der Waals surface area (Å²) < 4.78 is 38.7. The summed E-state index contributed by atoms with van der Waals surface area (Å²) in [6.45, 7) is 7.83. The summed E-state index contributed by atoms with van der Waals surface area (Å²) in [4.78, 5) is 8.65. The maximum absolute atomic E-state index is 12.5. The predicted octanol–water partition coefficient (Wildman–Crippen LogP) is 6.52. The topological polar surface area (TPSA) is 89.3 Å². The molecule has 0 amide bonds. The number of rotatable bonds is 21. The molecule has 0 bridgehead atoms. The Kier molecular flexibility index (Phi) is 17.2. The first-order valence-electron chi connectivity index (χ1n) is 13.0. The summed E-state index contributed by atoms with van der Waals surface area (Å²) >= 11 is 0. The molecule has 7 nitrogen and oxygen atoms in total. The van der Waals surface area contributed by atoms with Crippen LogP contribution in [0, 0.1) is 0 Å². The number of unbranched alkanes of at least 4 members (excludes halogenated alkanes) is 10. The summed E-state index contributed by atoms with van der Waals surface area (Å²) in [6, 6.07) is 4.57. The van der Waals surface area contributed by atoms with E-state index < -0.39 is 10.0 Å². The second-order valence-electron chi connectivity index (χ2n) is 8.44. The van der Waals surface area contributed by atoms with Gasteiger partial charge in [-0.3, -0.25) is 9.98 Å². The summed E-state index contributed by atoms with van der Waals surface area (Å²) in [6.07, 6.45) is 17.2. The van der Waals surface area contributed by atoms with Gasteiger partial charge in [0.2, 0.25) is 10.0 Å². The maximum Gasteiger partial charge on any atom is 0.240 e. The molecule has 34 heavy (non-hydrogen) atoms. The smallest absolute Gasteiger partial charge is 0.240 e. The van der Waals surface area contributed by atoms with Crippen molar-refractivity contribution in [2.75, 3.05) is 19.6 Å². The highest BCUT2D eigenvalue weighted by atomic mass is 32.2. The number of hydrogen-bond donors (Lipinski definition) is 1. The molecule has 1 aromatic carbocycles. The van der Waals surface area contributed by atoms with E-state index in [0.29, 0.717) is 31.1 Å². The number of nitrogens with one attached hydrogen (secondary N) is 1. The third-order valence-corrected chi connectivity index (χ3v) is 6.83. The molecular formula is C26H45N3O4S. The standard InChI is InChI=1S/C26H45N3O4S/c1-4-7-9-11-13-15-17-27-22-32-24-19-25(21-26(20-24)34(30,31)29-6-3)33-23-28-18-16-14-12-10-8-5-2/h19-23,29H,4-18H2,1-3H3. The highest BCUT2D eigenvalue weighted by molar-refractivity contribution is 7.89. The number of hydrogen-bond acceptors (Lipinski definition) is 6. The first-order valence-corrected chi connectivity index (χ1v) is 14.5. The van der Waals surface area contributed by atoms with E-state index in [1.54, 1.807) is 13.0 Å². The van der Waals surface area contributed by atoms with Crippen molar-refractivity contribution in [1.29, 1.82) is 0 Å². The van der Waals surface area contributed by atoms with E-state index in [9.17, 15) is 8.42 Å². The SMILES string of the molecule is CCCCCCCCN=COc1cc(OC=NCCCCCCCC)cc(S(=O)(=O)NCC)c1. The molecule has 194 valence electrons. The average Bonchev–Trinajstić information content (AvgIpc) is 2.82. The Balaban J connectivity index is 2.62. The molecule has 0 spiro atoms. The van der Waals surface area contributed by atoms with E-state index in [2.05, 4.69) is 28.6 Å². The van der Waals surface area contributed by atoms with Gasteiger partial charge in [0.25, 0.3) is 0 Å². The van der Waals surface area contributed by atoms with E-state index in [0.717, 1.165) is 25.7 Å². The van der Waals surface area contributed by atoms with Crippen LogP contribution in [0.25, 0.3) is 0 Å². The molecule has 0 aliphatic rings. The monoisotopic (exact) mass is 495 g/mol. The fourth-order valence-corrected chi connectivity index (χ4v) is 4.47. The average molecular weight is 496 g/mol. The highest BCUT2D eigenvalue weighted by Gasteiger charge is 2.16. The Hall–Kier alpha value is -1.93. The number of nitrogens with zero attached hydrogens (tertiary/aromatic N) is 2. The lowest BCUT2D eigenvalue weighted by Crippen LogP contribution is -2.23. The number of benzene rings is 1. The van der Waals surface area contributed by atoms with Gasteiger partial charge >= 0.3 is 0 Å². The zero-order valence-corrected chi connectivity index (χ0v) is 22.2. The van der Waals surface area contributed by atoms with Crippen LogP contribution in [0.1, 0.15) is 97.8 Å². The molecule has 1 N–H and O–H groups in total. The van der Waals surface area contributed by atoms with Gasteiger partial charge in [0.05, 0.1) is 4.90 Å². The van der Waals surface area contributed by atoms with Crippen LogP contribution in [0.2, 0.25) is 0 Å². The molecule has 1 aromatic rings. The molecule has 0 aromatic heterocycles. The molecule has 0 saturated carbocycles. The van der Waals surface area contributed by atoms with Crippen LogP contribution in [-0.2, 0) is 10.0 Å². The second kappa shape index (κ2) is 19.4. The van der Waals surface area contributed by atoms with E-state index in [4.69, 9.17) is 9.47 Å². The van der Waals surface area contributed by atoms with Crippen molar-refractivity contribution >= 4 is 22.8 Å². The predicted molar refractivity (Wildman–Crippen MR) is 142 cm³/mol. The van der Waals surface area contributed by atoms with Crippen LogP contribution in [0.5, 0.6) is 11.5 Å². The molecule has 0 fully saturated rings. The zero-order chi connectivity index (χ0) is 24.9. The van der Waals surface area contributed by atoms with Gasteiger partial charge < -0.3 is 9.47 Å². The van der Waals surface area contributed by atoms with Crippen molar-refractivity contribution in [2.45, 2.75) is 103 Å². The lowest BCUT2D eigenvalue weighted by atomic mass is 10.1. The summed E-state index contributed by atoms with van der Waals surface area (Å²) in [5, 5.41) is 0. The Morgan fingerprint density at radius 3 is 1.59 bits per heavy atom. The van der Waals surface area contributed by atoms with Crippen molar-refractivity contribution in [3.8, 4) is 11.5 Å². The van der Waals surface area contributed by atoms with Crippen molar-refractivity contribution in [3.05, 3.63) is 18.2 Å². The Morgan fingerprint density at radius 1 is 0.706 bits per heavy atom. The van der Waals surface area contributed by atoms with Crippen LogP contribution in [0.3, 0.4) is 0 Å². The fraction of sp³-hybridized carbons (Fsp3) is 0.692. The lowest BCUT2D eigenvalue weighted by Gasteiger charge is -2.09. The van der Waals surface area contributed by atoms with Gasteiger partial charge in [-0.15, -0.1) is 0 Å². The van der Waals surface area contributed by atoms with E-state index >= 15 is 0 Å². The van der Waals surface area contributed by atoms with Crippen LogP contribution >= 0.6 is 0 Å². The van der Waals surface area contributed by atoms with Gasteiger partial charge in [0, 0.05) is 37.8 Å². The molecule has 0 heterocycles. The van der Waals surface area contributed by atoms with Crippen LogP contribution < -0.4 is 14.2 Å². The van der Waals surface area contributed by atoms with Gasteiger partial charge in [-0.2, -0.15) is 0 Å². The van der Waals surface area contributed by atoms with E-state index in [1.807, 2.05) is 0 Å². The first kappa shape index (κ1) is 30.1. The third-order valence-electron chi connectivity index (χ3n) is 5.31. The molecule has 0 aliphatic carbocycles. The van der Waals surface area contributed by atoms with E-state index in [1.165, 1.54) is 76.3 Å². The van der Waals surface area contributed by atoms with Crippen LogP contribution in [0.4, 0.5) is 0 Å². The quantitative estimate of drug-likeness (QED) is 0.119. The van der Waals surface area contributed by atoms with Gasteiger partial charge in [0.1, 0.15) is 11.5 Å². The van der Waals surface area contributed by atoms with Crippen molar-refractivity contribution in [2.24, 2.45) is 9.98 Å². The summed E-state index contributed by atoms with van der Waals surface area (Å²) in [5.74, 6) is 0.704. The Bertz CT molecular complexity index is 764. The van der Waals surface area contributed by atoms with Crippen LogP contribution in [-0.4, -0.2) is 40.9 Å². The third kappa shape index (κ3) is 14.4. The molecule has 8 heteroatoms. The minimum atomic E-state index is -3.66. The van der Waals surface area contributed by atoms with Gasteiger partial charge in [-0.1, -0.05) is 85.0 Å². The molecule has 1 rings (SSSR count). The number of ether oxygens (including phenoxy) is 2. The fourth-order valence-electron chi connectivity index (χ4n) is 3.38. The minimum Gasteiger partial charge on any atom is -0.446 e. The summed E-state index contributed by atoms with van der Waals surface area (Å²) in [7, 11) is -3.66. The maximum atomic E-state index is 12.5. The first-order chi connectivity index (χ1) is 16.5. The van der Waals surface area contributed by atoms with Gasteiger partial charge in [0.15, 0.2) is 12.8 Å². The normalized spacial score (nSPS) is 12.1. The largest absolute Gasteiger partial charge is 0.446 e. The van der Waals surface area contributed by atoms with Crippen molar-refractivity contribution in [3.63, 3.8) is 0 Å². The molecule has 0 unspecified atom stereocenters. The van der Waals surface area contributed by atoms with Crippen molar-refractivity contribution in [1.82, 2.24) is 4.72 Å². The van der Waals surface area contributed by atoms with Gasteiger partial charge in [-0.05, 0) is 12.8 Å². The molecule has 0 aliphatic heterocycles. The Morgan fingerprint density at radius 2 is 1.15 bits per heavy atom. The second-order valence-corrected chi connectivity index (χ2v) is 10.2. The van der Waals surface area contributed by atoms with E-state index in [-0.39, 0.29) is 4.90 Å². The summed E-state index contributed by atoms with van der Waals surface area (Å²) in [5.41, 5.74) is 0. The molecule has 0 atom stereocenters. The zero-order valence-electron chi connectivity index (χ0n) is 21.4. The molecular weight excluding hydrogens is 450 g/mol. The number of aliphatic imine (C=N–C) groups is 2. The van der Waals surface area contributed by atoms with Gasteiger partial charge in [-0.25, -0.2) is 13.1 Å².